The Kier molecular flexibility index (Phi) is 8.98. The molecule has 1 unspecified atom stereocenters. The first-order valence-electron chi connectivity index (χ1n) is 10.1. The molecule has 0 radical (unpaired) electrons. The zero-order chi connectivity index (χ0) is 22.3. The zero-order valence-corrected chi connectivity index (χ0v) is 18.9. The molecule has 1 fully saturated rings. The second-order valence-corrected chi connectivity index (χ2v) is 9.74. The molecule has 11 heteroatoms. The lowest BCUT2D eigenvalue weighted by Gasteiger charge is -2.37. The zero-order valence-electron chi connectivity index (χ0n) is 18.1. The van der Waals surface area contributed by atoms with Crippen molar-refractivity contribution in [3.8, 4) is 0 Å². The molecular weight excluding hydrogens is 410 g/mol. The first-order chi connectivity index (χ1) is 14.1. The minimum atomic E-state index is -3.82. The molecule has 1 aromatic rings. The smallest absolute Gasteiger partial charge is 0.293 e. The molecule has 0 spiro atoms. The Morgan fingerprint density at radius 1 is 1.27 bits per heavy atom. The van der Waals surface area contributed by atoms with E-state index in [4.69, 9.17) is 4.74 Å². The number of nitrogens with zero attached hydrogens (tertiary/aromatic N) is 3. The van der Waals surface area contributed by atoms with Crippen LogP contribution in [0, 0.1) is 16.0 Å². The molecule has 30 heavy (non-hydrogen) atoms. The topological polar surface area (TPSA) is 117 Å². The summed E-state index contributed by atoms with van der Waals surface area (Å²) < 4.78 is 32.8. The number of anilines is 1. The summed E-state index contributed by atoms with van der Waals surface area (Å²) in [6.45, 7) is 8.50. The number of morpholine rings is 1. The number of nitro benzene ring substituents is 1. The van der Waals surface area contributed by atoms with Gasteiger partial charge in [0.15, 0.2) is 0 Å². The van der Waals surface area contributed by atoms with Gasteiger partial charge in [0.2, 0.25) is 10.0 Å². The molecule has 1 aliphatic heterocycles. The molecule has 1 aliphatic rings. The summed E-state index contributed by atoms with van der Waals surface area (Å²) in [5.41, 5.74) is 0.0566. The number of nitro groups is 1. The third-order valence-corrected chi connectivity index (χ3v) is 6.57. The van der Waals surface area contributed by atoms with E-state index < -0.39 is 14.9 Å². The van der Waals surface area contributed by atoms with Crippen molar-refractivity contribution in [1.82, 2.24) is 14.5 Å². The maximum Gasteiger partial charge on any atom is 0.293 e. The summed E-state index contributed by atoms with van der Waals surface area (Å²) in [5.74, 6) is 0.343. The number of hydrogen-bond donors (Lipinski definition) is 2. The molecule has 0 saturated carbocycles. The summed E-state index contributed by atoms with van der Waals surface area (Å²) in [7, 11) is -0.153. The van der Waals surface area contributed by atoms with E-state index in [-0.39, 0.29) is 23.2 Å². The van der Waals surface area contributed by atoms with Crippen LogP contribution in [0.3, 0.4) is 0 Å². The SMILES string of the molecule is CC(C)C(CNc1ccc(S(=O)(=O)NCCN(C)C)cc1[N+](=O)[O-])N1CCOCC1. The van der Waals surface area contributed by atoms with Crippen LogP contribution >= 0.6 is 0 Å². The minimum absolute atomic E-state index is 0.118. The van der Waals surface area contributed by atoms with Gasteiger partial charge in [0.1, 0.15) is 5.69 Å². The number of ether oxygens (including phenoxy) is 1. The van der Waals surface area contributed by atoms with E-state index in [1.165, 1.54) is 12.1 Å². The van der Waals surface area contributed by atoms with E-state index >= 15 is 0 Å². The minimum Gasteiger partial charge on any atom is -0.379 e. The van der Waals surface area contributed by atoms with E-state index in [1.807, 2.05) is 19.0 Å². The number of hydrogen-bond acceptors (Lipinski definition) is 8. The van der Waals surface area contributed by atoms with Crippen LogP contribution in [0.2, 0.25) is 0 Å². The maximum absolute atomic E-state index is 12.5. The first-order valence-corrected chi connectivity index (χ1v) is 11.6. The van der Waals surface area contributed by atoms with Gasteiger partial charge < -0.3 is 15.0 Å². The van der Waals surface area contributed by atoms with Crippen molar-refractivity contribution in [3.63, 3.8) is 0 Å². The Morgan fingerprint density at radius 2 is 1.93 bits per heavy atom. The quantitative estimate of drug-likeness (QED) is 0.387. The third-order valence-electron chi connectivity index (χ3n) is 5.11. The molecule has 1 aromatic carbocycles. The van der Waals surface area contributed by atoms with Crippen LogP contribution < -0.4 is 10.0 Å². The molecule has 1 saturated heterocycles. The Morgan fingerprint density at radius 3 is 2.50 bits per heavy atom. The van der Waals surface area contributed by atoms with Gasteiger partial charge in [-0.15, -0.1) is 0 Å². The van der Waals surface area contributed by atoms with E-state index in [1.54, 1.807) is 0 Å². The average molecular weight is 444 g/mol. The number of nitrogens with one attached hydrogen (secondary N) is 2. The van der Waals surface area contributed by atoms with Gasteiger partial charge in [0, 0.05) is 44.8 Å². The van der Waals surface area contributed by atoms with Gasteiger partial charge in [0.25, 0.3) is 5.69 Å². The van der Waals surface area contributed by atoms with Crippen molar-refractivity contribution < 1.29 is 18.1 Å². The Balaban J connectivity index is 2.15. The van der Waals surface area contributed by atoms with Gasteiger partial charge in [-0.05, 0) is 32.1 Å². The highest BCUT2D eigenvalue weighted by Crippen LogP contribution is 2.28. The highest BCUT2D eigenvalue weighted by Gasteiger charge is 2.26. The van der Waals surface area contributed by atoms with E-state index in [2.05, 4.69) is 28.8 Å². The van der Waals surface area contributed by atoms with Crippen molar-refractivity contribution in [1.29, 1.82) is 0 Å². The molecule has 1 heterocycles. The van der Waals surface area contributed by atoms with Crippen LogP contribution in [0.4, 0.5) is 11.4 Å². The molecule has 0 bridgehead atoms. The van der Waals surface area contributed by atoms with Gasteiger partial charge in [0.05, 0.1) is 23.0 Å². The van der Waals surface area contributed by atoms with Crippen LogP contribution in [0.1, 0.15) is 13.8 Å². The van der Waals surface area contributed by atoms with E-state index in [0.29, 0.717) is 37.9 Å². The van der Waals surface area contributed by atoms with Crippen LogP contribution in [-0.4, -0.2) is 89.2 Å². The van der Waals surface area contributed by atoms with Crippen LogP contribution in [0.15, 0.2) is 23.1 Å². The summed E-state index contributed by atoms with van der Waals surface area (Å²) in [4.78, 5) is 15.1. The molecule has 0 aromatic heterocycles. The molecule has 2 N–H and O–H groups in total. The Bertz CT molecular complexity index is 810. The molecule has 1 atom stereocenters. The van der Waals surface area contributed by atoms with E-state index in [0.717, 1.165) is 19.2 Å². The normalized spacial score (nSPS) is 16.7. The number of likely N-dealkylation sites (N-methyl/N-ethyl adjacent to an activating group) is 1. The molecular formula is C19H33N5O5S. The monoisotopic (exact) mass is 443 g/mol. The van der Waals surface area contributed by atoms with Crippen molar-refractivity contribution in [2.75, 3.05) is 65.3 Å². The fourth-order valence-electron chi connectivity index (χ4n) is 3.38. The van der Waals surface area contributed by atoms with Gasteiger partial charge in [-0.3, -0.25) is 15.0 Å². The van der Waals surface area contributed by atoms with Gasteiger partial charge in [-0.1, -0.05) is 13.8 Å². The van der Waals surface area contributed by atoms with Crippen LogP contribution in [0.5, 0.6) is 0 Å². The second kappa shape index (κ2) is 11.0. The average Bonchev–Trinajstić information content (AvgIpc) is 2.68. The van der Waals surface area contributed by atoms with Gasteiger partial charge in [-0.2, -0.15) is 0 Å². The largest absolute Gasteiger partial charge is 0.379 e. The summed E-state index contributed by atoms with van der Waals surface area (Å²) in [5, 5.41) is 14.8. The summed E-state index contributed by atoms with van der Waals surface area (Å²) in [6.07, 6.45) is 0. The maximum atomic E-state index is 12.5. The lowest BCUT2D eigenvalue weighted by atomic mass is 10.0. The predicted octanol–water partition coefficient (Wildman–Crippen LogP) is 1.20. The lowest BCUT2D eigenvalue weighted by Crippen LogP contribution is -2.49. The van der Waals surface area contributed by atoms with Gasteiger partial charge >= 0.3 is 0 Å². The summed E-state index contributed by atoms with van der Waals surface area (Å²) in [6, 6.07) is 4.16. The Hall–Kier alpha value is -1.79. The van der Waals surface area contributed by atoms with Crippen molar-refractivity contribution >= 4 is 21.4 Å². The molecule has 0 amide bonds. The number of sulfonamides is 1. The Labute approximate surface area is 178 Å². The number of benzene rings is 1. The second-order valence-electron chi connectivity index (χ2n) is 7.98. The molecule has 10 nitrogen and oxygen atoms in total. The molecule has 170 valence electrons. The highest BCUT2D eigenvalue weighted by molar-refractivity contribution is 7.89. The van der Waals surface area contributed by atoms with Crippen LogP contribution in [-0.2, 0) is 14.8 Å². The lowest BCUT2D eigenvalue weighted by molar-refractivity contribution is -0.384. The highest BCUT2D eigenvalue weighted by atomic mass is 32.2. The van der Waals surface area contributed by atoms with Crippen molar-refractivity contribution in [3.05, 3.63) is 28.3 Å². The molecule has 0 aliphatic carbocycles. The van der Waals surface area contributed by atoms with Crippen molar-refractivity contribution in [2.24, 2.45) is 5.92 Å². The number of rotatable bonds is 11. The fraction of sp³-hybridized carbons (Fsp3) is 0.684. The summed E-state index contributed by atoms with van der Waals surface area (Å²) >= 11 is 0. The standard InChI is InChI=1S/C19H33N5O5S/c1-15(2)19(23-9-11-29-12-10-23)14-20-17-6-5-16(13-18(17)24(25)26)30(27,28)21-7-8-22(3)4/h5-6,13,15,19-21H,7-12,14H2,1-4H3. The van der Waals surface area contributed by atoms with Gasteiger partial charge in [-0.25, -0.2) is 13.1 Å². The van der Waals surface area contributed by atoms with E-state index in [9.17, 15) is 18.5 Å². The third kappa shape index (κ3) is 6.88. The van der Waals surface area contributed by atoms with Crippen LogP contribution in [0.25, 0.3) is 0 Å². The first kappa shape index (κ1) is 24.5. The predicted molar refractivity (Wildman–Crippen MR) is 116 cm³/mol. The fourth-order valence-corrected chi connectivity index (χ4v) is 4.42. The van der Waals surface area contributed by atoms with Crippen molar-refractivity contribution in [2.45, 2.75) is 24.8 Å². The molecule has 2 rings (SSSR count).